The summed E-state index contributed by atoms with van der Waals surface area (Å²) in [5.41, 5.74) is 2.82. The van der Waals surface area contributed by atoms with Gasteiger partial charge in [-0.15, -0.1) is 6.58 Å². The summed E-state index contributed by atoms with van der Waals surface area (Å²) in [5.74, 6) is 1.98. The highest BCUT2D eigenvalue weighted by Crippen LogP contribution is 2.43. The van der Waals surface area contributed by atoms with Crippen LogP contribution in [0.1, 0.15) is 51.0 Å². The third-order valence-electron chi connectivity index (χ3n) is 6.65. The van der Waals surface area contributed by atoms with Crippen LogP contribution >= 0.6 is 0 Å². The van der Waals surface area contributed by atoms with Crippen molar-refractivity contribution in [1.82, 2.24) is 9.88 Å². The molecule has 1 N–H and O–H groups in total. The van der Waals surface area contributed by atoms with Gasteiger partial charge in [0.2, 0.25) is 0 Å². The SMILES string of the molecule is C=C[C@@H]1CN2CC[C@H]1C[C@H]2[C@H](O)c1cc(C(C)(C)C)nc2ccc(OC)cc12. The summed E-state index contributed by atoms with van der Waals surface area (Å²) in [7, 11) is 1.68. The maximum atomic E-state index is 11.5. The van der Waals surface area contributed by atoms with Crippen molar-refractivity contribution in [2.75, 3.05) is 20.2 Å². The molecule has 2 bridgehead atoms. The minimum absolute atomic E-state index is 0.0810. The molecule has 5 rings (SSSR count). The molecule has 0 saturated carbocycles. The highest BCUT2D eigenvalue weighted by molar-refractivity contribution is 5.84. The van der Waals surface area contributed by atoms with Crippen LogP contribution in [0.5, 0.6) is 5.75 Å². The number of fused-ring (bicyclic) bond motifs is 4. The number of aliphatic hydroxyl groups is 1. The van der Waals surface area contributed by atoms with Gasteiger partial charge in [-0.2, -0.15) is 0 Å². The first kappa shape index (κ1) is 19.4. The number of hydrogen-bond donors (Lipinski definition) is 1. The first-order chi connectivity index (χ1) is 13.3. The van der Waals surface area contributed by atoms with Crippen molar-refractivity contribution in [2.24, 2.45) is 11.8 Å². The molecule has 4 nitrogen and oxygen atoms in total. The summed E-state index contributed by atoms with van der Waals surface area (Å²) in [4.78, 5) is 7.35. The van der Waals surface area contributed by atoms with Crippen LogP contribution in [-0.4, -0.2) is 41.2 Å². The van der Waals surface area contributed by atoms with Gasteiger partial charge in [0.25, 0.3) is 0 Å². The van der Waals surface area contributed by atoms with E-state index in [1.165, 1.54) is 6.42 Å². The van der Waals surface area contributed by atoms with Crippen LogP contribution in [0.25, 0.3) is 10.9 Å². The molecule has 3 saturated heterocycles. The number of aromatic nitrogens is 1. The summed E-state index contributed by atoms with van der Waals surface area (Å²) in [6.45, 7) is 12.6. The quantitative estimate of drug-likeness (QED) is 0.795. The van der Waals surface area contributed by atoms with Gasteiger partial charge in [0.15, 0.2) is 0 Å². The van der Waals surface area contributed by atoms with E-state index in [0.717, 1.165) is 47.4 Å². The first-order valence-electron chi connectivity index (χ1n) is 10.4. The lowest BCUT2D eigenvalue weighted by Gasteiger charge is -2.50. The van der Waals surface area contributed by atoms with Crippen molar-refractivity contribution in [3.8, 4) is 5.75 Å². The van der Waals surface area contributed by atoms with E-state index in [-0.39, 0.29) is 11.5 Å². The number of ether oxygens (including phenoxy) is 1. The Kier molecular flexibility index (Phi) is 4.96. The van der Waals surface area contributed by atoms with Gasteiger partial charge in [-0.1, -0.05) is 26.8 Å². The van der Waals surface area contributed by atoms with Gasteiger partial charge in [-0.3, -0.25) is 9.88 Å². The molecule has 1 unspecified atom stereocenters. The molecule has 4 heterocycles. The summed E-state index contributed by atoms with van der Waals surface area (Å²) in [6, 6.07) is 8.22. The Morgan fingerprint density at radius 3 is 2.71 bits per heavy atom. The van der Waals surface area contributed by atoms with Gasteiger partial charge >= 0.3 is 0 Å². The van der Waals surface area contributed by atoms with Gasteiger partial charge < -0.3 is 9.84 Å². The van der Waals surface area contributed by atoms with Gasteiger partial charge in [0, 0.05) is 29.1 Å². The second-order valence-corrected chi connectivity index (χ2v) is 9.42. The lowest BCUT2D eigenvalue weighted by Crippen LogP contribution is -2.54. The van der Waals surface area contributed by atoms with Crippen LogP contribution in [0.3, 0.4) is 0 Å². The van der Waals surface area contributed by atoms with Gasteiger partial charge in [0.1, 0.15) is 5.75 Å². The molecule has 3 aliphatic heterocycles. The number of hydrogen-bond acceptors (Lipinski definition) is 4. The van der Waals surface area contributed by atoms with Crippen LogP contribution in [0, 0.1) is 11.8 Å². The molecule has 0 aliphatic carbocycles. The third kappa shape index (κ3) is 3.33. The first-order valence-corrected chi connectivity index (χ1v) is 10.4. The summed E-state index contributed by atoms with van der Waals surface area (Å²) >= 11 is 0. The molecular weight excluding hydrogens is 348 g/mol. The van der Waals surface area contributed by atoms with Crippen LogP contribution in [0.15, 0.2) is 36.9 Å². The van der Waals surface area contributed by atoms with Gasteiger partial charge in [0.05, 0.1) is 18.7 Å². The van der Waals surface area contributed by atoms with Crippen LogP contribution < -0.4 is 4.74 Å². The molecule has 1 aromatic heterocycles. The number of aliphatic hydroxyl groups excluding tert-OH is 1. The van der Waals surface area contributed by atoms with E-state index < -0.39 is 6.10 Å². The van der Waals surface area contributed by atoms with Crippen molar-refractivity contribution in [3.63, 3.8) is 0 Å². The molecule has 3 fully saturated rings. The Bertz CT molecular complexity index is 886. The van der Waals surface area contributed by atoms with Crippen LogP contribution in [-0.2, 0) is 5.41 Å². The predicted molar refractivity (Wildman–Crippen MR) is 114 cm³/mol. The Hall–Kier alpha value is -1.91. The number of benzene rings is 1. The summed E-state index contributed by atoms with van der Waals surface area (Å²) in [5, 5.41) is 12.5. The van der Waals surface area contributed by atoms with Crippen molar-refractivity contribution >= 4 is 10.9 Å². The Balaban J connectivity index is 1.79. The molecule has 2 aromatic rings. The van der Waals surface area contributed by atoms with E-state index >= 15 is 0 Å². The van der Waals surface area contributed by atoms with Crippen molar-refractivity contribution in [2.45, 2.75) is 51.2 Å². The third-order valence-corrected chi connectivity index (χ3v) is 6.65. The van der Waals surface area contributed by atoms with E-state index in [0.29, 0.717) is 11.8 Å². The Morgan fingerprint density at radius 2 is 2.11 bits per heavy atom. The average molecular weight is 381 g/mol. The topological polar surface area (TPSA) is 45.6 Å². The van der Waals surface area contributed by atoms with E-state index in [4.69, 9.17) is 9.72 Å². The van der Waals surface area contributed by atoms with Gasteiger partial charge in [-0.25, -0.2) is 0 Å². The highest BCUT2D eigenvalue weighted by Gasteiger charge is 2.42. The normalized spacial score (nSPS) is 28.3. The lowest BCUT2D eigenvalue weighted by atomic mass is 9.73. The number of pyridine rings is 1. The lowest BCUT2D eigenvalue weighted by molar-refractivity contribution is -0.0445. The van der Waals surface area contributed by atoms with E-state index in [9.17, 15) is 5.11 Å². The van der Waals surface area contributed by atoms with E-state index in [1.54, 1.807) is 7.11 Å². The molecule has 5 atom stereocenters. The zero-order valence-electron chi connectivity index (χ0n) is 17.5. The predicted octanol–water partition coefficient (Wildman–Crippen LogP) is 4.47. The van der Waals surface area contributed by atoms with Crippen molar-refractivity contribution in [1.29, 1.82) is 0 Å². The maximum Gasteiger partial charge on any atom is 0.119 e. The Labute approximate surface area is 168 Å². The molecular formula is C24H32N2O2. The van der Waals surface area contributed by atoms with Crippen LogP contribution in [0.4, 0.5) is 0 Å². The maximum absolute atomic E-state index is 11.5. The number of piperidine rings is 3. The zero-order valence-corrected chi connectivity index (χ0v) is 17.5. The number of methoxy groups -OCH3 is 1. The second kappa shape index (κ2) is 7.16. The summed E-state index contributed by atoms with van der Waals surface area (Å²) < 4.78 is 5.45. The van der Waals surface area contributed by atoms with Gasteiger partial charge in [-0.05, 0) is 61.1 Å². The highest BCUT2D eigenvalue weighted by atomic mass is 16.5. The zero-order chi connectivity index (χ0) is 20.1. The van der Waals surface area contributed by atoms with Crippen LogP contribution in [0.2, 0.25) is 0 Å². The average Bonchev–Trinajstić information content (AvgIpc) is 2.71. The minimum Gasteiger partial charge on any atom is -0.497 e. The monoisotopic (exact) mass is 380 g/mol. The number of rotatable bonds is 4. The minimum atomic E-state index is -0.535. The molecule has 28 heavy (non-hydrogen) atoms. The number of nitrogens with zero attached hydrogens (tertiary/aromatic N) is 2. The molecule has 0 amide bonds. The molecule has 3 aliphatic rings. The molecule has 1 aromatic carbocycles. The fourth-order valence-electron chi connectivity index (χ4n) is 4.90. The molecule has 4 heteroatoms. The smallest absolute Gasteiger partial charge is 0.119 e. The summed E-state index contributed by atoms with van der Waals surface area (Å²) in [6.07, 6.45) is 3.80. The molecule has 150 valence electrons. The fraction of sp³-hybridized carbons (Fsp3) is 0.542. The van der Waals surface area contributed by atoms with E-state index in [1.807, 2.05) is 18.2 Å². The van der Waals surface area contributed by atoms with Crippen molar-refractivity contribution in [3.05, 3.63) is 48.2 Å². The second-order valence-electron chi connectivity index (χ2n) is 9.42. The standard InChI is InChI=1S/C24H32N2O2/c1-6-15-14-26-10-9-16(15)11-21(26)23(27)19-13-22(24(2,3)4)25-20-8-7-17(28-5)12-18(19)20/h6-8,12-13,15-16,21,23,27H,1,9-11,14H2,2-5H3/t15-,16+,21+,23-/m1/s1. The molecule has 0 radical (unpaired) electrons. The molecule has 0 spiro atoms. The fourth-order valence-corrected chi connectivity index (χ4v) is 4.90. The van der Waals surface area contributed by atoms with E-state index in [2.05, 4.69) is 44.4 Å². The van der Waals surface area contributed by atoms with Crippen molar-refractivity contribution < 1.29 is 9.84 Å². The largest absolute Gasteiger partial charge is 0.497 e. The Morgan fingerprint density at radius 1 is 1.32 bits per heavy atom.